The van der Waals surface area contributed by atoms with E-state index in [1.165, 1.54) is 6.20 Å². The van der Waals surface area contributed by atoms with Crippen LogP contribution in [-0.4, -0.2) is 37.3 Å². The van der Waals surface area contributed by atoms with E-state index in [2.05, 4.69) is 25.5 Å². The summed E-state index contributed by atoms with van der Waals surface area (Å²) >= 11 is 0. The summed E-state index contributed by atoms with van der Waals surface area (Å²) in [5, 5.41) is 10.9. The standard InChI is InChI=1S/C13H18N6O2/c1-4-19-8-16-18-11(19)7-15-13-14-6-10(9(3)17-13)12(20)21-5-2/h6,8H,4-5,7H2,1-3H3,(H,14,15,17). The lowest BCUT2D eigenvalue weighted by atomic mass is 10.2. The molecule has 1 N–H and O–H groups in total. The van der Waals surface area contributed by atoms with Gasteiger partial charge in [-0.25, -0.2) is 14.8 Å². The molecule has 0 atom stereocenters. The van der Waals surface area contributed by atoms with E-state index in [9.17, 15) is 4.79 Å². The van der Waals surface area contributed by atoms with Gasteiger partial charge in [0.1, 0.15) is 6.33 Å². The number of hydrogen-bond donors (Lipinski definition) is 1. The summed E-state index contributed by atoms with van der Waals surface area (Å²) in [6.07, 6.45) is 3.14. The van der Waals surface area contributed by atoms with Crippen molar-refractivity contribution in [3.63, 3.8) is 0 Å². The SMILES string of the molecule is CCOC(=O)c1cnc(NCc2nncn2CC)nc1C. The van der Waals surface area contributed by atoms with E-state index >= 15 is 0 Å². The van der Waals surface area contributed by atoms with E-state index in [1.807, 2.05) is 11.5 Å². The number of carbonyl (C=O) groups excluding carboxylic acids is 1. The molecule has 0 unspecified atom stereocenters. The van der Waals surface area contributed by atoms with Gasteiger partial charge in [-0.3, -0.25) is 0 Å². The third-order valence-electron chi connectivity index (χ3n) is 2.92. The second kappa shape index (κ2) is 6.78. The Morgan fingerprint density at radius 1 is 1.43 bits per heavy atom. The summed E-state index contributed by atoms with van der Waals surface area (Å²) in [6.45, 7) is 7.10. The molecule has 8 heteroatoms. The number of aryl methyl sites for hydroxylation is 2. The lowest BCUT2D eigenvalue weighted by molar-refractivity contribution is 0.0524. The van der Waals surface area contributed by atoms with Gasteiger partial charge >= 0.3 is 5.97 Å². The smallest absolute Gasteiger partial charge is 0.341 e. The summed E-state index contributed by atoms with van der Waals surface area (Å²) in [6, 6.07) is 0. The highest BCUT2D eigenvalue weighted by atomic mass is 16.5. The van der Waals surface area contributed by atoms with Crippen molar-refractivity contribution in [2.24, 2.45) is 0 Å². The Kier molecular flexibility index (Phi) is 4.81. The highest BCUT2D eigenvalue weighted by Gasteiger charge is 2.13. The molecule has 2 heterocycles. The number of nitrogens with zero attached hydrogens (tertiary/aromatic N) is 5. The van der Waals surface area contributed by atoms with Crippen LogP contribution in [0.3, 0.4) is 0 Å². The molecule has 2 aromatic heterocycles. The van der Waals surface area contributed by atoms with Crippen LogP contribution >= 0.6 is 0 Å². The Labute approximate surface area is 122 Å². The molecule has 0 fully saturated rings. The van der Waals surface area contributed by atoms with Crippen molar-refractivity contribution in [1.29, 1.82) is 0 Å². The molecule has 2 aromatic rings. The minimum Gasteiger partial charge on any atom is -0.462 e. The van der Waals surface area contributed by atoms with Crippen molar-refractivity contribution < 1.29 is 9.53 Å². The second-order valence-corrected chi connectivity index (χ2v) is 4.30. The third-order valence-corrected chi connectivity index (χ3v) is 2.92. The highest BCUT2D eigenvalue weighted by molar-refractivity contribution is 5.90. The van der Waals surface area contributed by atoms with E-state index in [0.717, 1.165) is 12.4 Å². The van der Waals surface area contributed by atoms with E-state index in [-0.39, 0.29) is 0 Å². The van der Waals surface area contributed by atoms with E-state index in [0.29, 0.717) is 30.4 Å². The molecule has 2 rings (SSSR count). The first kappa shape index (κ1) is 14.9. The molecular formula is C13H18N6O2. The molecule has 0 amide bonds. The number of anilines is 1. The van der Waals surface area contributed by atoms with Gasteiger partial charge in [-0.15, -0.1) is 10.2 Å². The van der Waals surface area contributed by atoms with Gasteiger partial charge in [-0.05, 0) is 20.8 Å². The van der Waals surface area contributed by atoms with E-state index in [4.69, 9.17) is 4.74 Å². The van der Waals surface area contributed by atoms with E-state index < -0.39 is 5.97 Å². The van der Waals surface area contributed by atoms with Crippen LogP contribution in [0.5, 0.6) is 0 Å². The maximum Gasteiger partial charge on any atom is 0.341 e. The molecule has 0 aliphatic carbocycles. The van der Waals surface area contributed by atoms with Crippen LogP contribution in [0.25, 0.3) is 0 Å². The summed E-state index contributed by atoms with van der Waals surface area (Å²) in [7, 11) is 0. The van der Waals surface area contributed by atoms with Gasteiger partial charge in [0, 0.05) is 12.7 Å². The lowest BCUT2D eigenvalue weighted by Gasteiger charge is -2.08. The molecule has 0 saturated heterocycles. The molecule has 0 aliphatic heterocycles. The average Bonchev–Trinajstić information content (AvgIpc) is 2.92. The first-order valence-electron chi connectivity index (χ1n) is 6.77. The fourth-order valence-corrected chi connectivity index (χ4v) is 1.80. The number of nitrogens with one attached hydrogen (secondary N) is 1. The topological polar surface area (TPSA) is 94.8 Å². The van der Waals surface area contributed by atoms with Crippen molar-refractivity contribution in [2.75, 3.05) is 11.9 Å². The van der Waals surface area contributed by atoms with Crippen molar-refractivity contribution in [2.45, 2.75) is 33.9 Å². The Morgan fingerprint density at radius 2 is 2.24 bits per heavy atom. The Hall–Kier alpha value is -2.51. The lowest BCUT2D eigenvalue weighted by Crippen LogP contribution is -2.13. The monoisotopic (exact) mass is 290 g/mol. The van der Waals surface area contributed by atoms with Crippen LogP contribution in [-0.2, 0) is 17.8 Å². The maximum atomic E-state index is 11.7. The summed E-state index contributed by atoms with van der Waals surface area (Å²) < 4.78 is 6.86. The normalized spacial score (nSPS) is 10.4. The fourth-order valence-electron chi connectivity index (χ4n) is 1.80. The predicted molar refractivity (Wildman–Crippen MR) is 75.7 cm³/mol. The second-order valence-electron chi connectivity index (χ2n) is 4.30. The molecule has 0 saturated carbocycles. The van der Waals surface area contributed by atoms with Gasteiger partial charge < -0.3 is 14.6 Å². The Morgan fingerprint density at radius 3 is 2.90 bits per heavy atom. The molecule has 8 nitrogen and oxygen atoms in total. The first-order valence-corrected chi connectivity index (χ1v) is 6.77. The van der Waals surface area contributed by atoms with Crippen LogP contribution in [0.1, 0.15) is 35.7 Å². The average molecular weight is 290 g/mol. The van der Waals surface area contributed by atoms with Crippen molar-refractivity contribution in [3.05, 3.63) is 29.6 Å². The zero-order valence-corrected chi connectivity index (χ0v) is 12.3. The number of rotatable bonds is 6. The number of carbonyl (C=O) groups is 1. The quantitative estimate of drug-likeness (QED) is 0.798. The number of esters is 1. The molecule has 0 aliphatic rings. The Bertz CT molecular complexity index is 625. The van der Waals surface area contributed by atoms with Crippen LogP contribution in [0.15, 0.2) is 12.5 Å². The van der Waals surface area contributed by atoms with Crippen LogP contribution in [0, 0.1) is 6.92 Å². The van der Waals surface area contributed by atoms with Gasteiger partial charge in [0.05, 0.1) is 24.4 Å². The van der Waals surface area contributed by atoms with E-state index in [1.54, 1.807) is 20.2 Å². The minimum absolute atomic E-state index is 0.324. The van der Waals surface area contributed by atoms with Crippen LogP contribution in [0.2, 0.25) is 0 Å². The summed E-state index contributed by atoms with van der Waals surface area (Å²) in [5.41, 5.74) is 0.946. The van der Waals surface area contributed by atoms with Crippen LogP contribution < -0.4 is 5.32 Å². The molecule has 0 radical (unpaired) electrons. The van der Waals surface area contributed by atoms with Crippen LogP contribution in [0.4, 0.5) is 5.95 Å². The highest BCUT2D eigenvalue weighted by Crippen LogP contribution is 2.09. The molecule has 0 bridgehead atoms. The predicted octanol–water partition coefficient (Wildman–Crippen LogP) is 1.19. The van der Waals surface area contributed by atoms with Crippen molar-refractivity contribution >= 4 is 11.9 Å². The Balaban J connectivity index is 2.05. The van der Waals surface area contributed by atoms with Gasteiger partial charge in [-0.1, -0.05) is 0 Å². The number of hydrogen-bond acceptors (Lipinski definition) is 7. The summed E-state index contributed by atoms with van der Waals surface area (Å²) in [5.74, 6) is 0.826. The number of ether oxygens (including phenoxy) is 1. The molecular weight excluding hydrogens is 272 g/mol. The minimum atomic E-state index is -0.410. The summed E-state index contributed by atoms with van der Waals surface area (Å²) in [4.78, 5) is 20.0. The van der Waals surface area contributed by atoms with Gasteiger partial charge in [-0.2, -0.15) is 0 Å². The largest absolute Gasteiger partial charge is 0.462 e. The fraction of sp³-hybridized carbons (Fsp3) is 0.462. The molecule has 112 valence electrons. The van der Waals surface area contributed by atoms with Gasteiger partial charge in [0.2, 0.25) is 5.95 Å². The van der Waals surface area contributed by atoms with Gasteiger partial charge in [0.15, 0.2) is 5.82 Å². The first-order chi connectivity index (χ1) is 10.2. The van der Waals surface area contributed by atoms with Crippen molar-refractivity contribution in [1.82, 2.24) is 24.7 Å². The third kappa shape index (κ3) is 3.53. The number of aromatic nitrogens is 5. The molecule has 0 aromatic carbocycles. The molecule has 0 spiro atoms. The zero-order chi connectivity index (χ0) is 15.2. The van der Waals surface area contributed by atoms with Crippen molar-refractivity contribution in [3.8, 4) is 0 Å². The zero-order valence-electron chi connectivity index (χ0n) is 12.3. The molecule has 21 heavy (non-hydrogen) atoms. The van der Waals surface area contributed by atoms with Gasteiger partial charge in [0.25, 0.3) is 0 Å². The maximum absolute atomic E-state index is 11.7.